The van der Waals surface area contributed by atoms with Gasteiger partial charge in [0.25, 0.3) is 0 Å². The molecule has 1 aromatic rings. The molecule has 0 unspecified atom stereocenters. The number of phenolic OH excluding ortho intramolecular Hbond substituents is 1. The molecule has 1 N–H and O–H groups in total. The van der Waals surface area contributed by atoms with Gasteiger partial charge in [-0.3, -0.25) is 0 Å². The summed E-state index contributed by atoms with van der Waals surface area (Å²) in [5, 5.41) is 9.72. The summed E-state index contributed by atoms with van der Waals surface area (Å²) in [5.41, 5.74) is 1.00. The van der Waals surface area contributed by atoms with Crippen LogP contribution in [0.2, 0.25) is 18.1 Å². The molecule has 0 fully saturated rings. The first kappa shape index (κ1) is 14.7. The average Bonchev–Trinajstić information content (AvgIpc) is 2.11. The van der Waals surface area contributed by atoms with Crippen molar-refractivity contribution in [3.8, 4) is 5.75 Å². The SMILES string of the molecule is CC(C)(C)[Si](C)(C)OCc1cc(O)cc(Br)c1. The average molecular weight is 317 g/mol. The van der Waals surface area contributed by atoms with E-state index in [-0.39, 0.29) is 10.8 Å². The van der Waals surface area contributed by atoms with Crippen molar-refractivity contribution in [2.75, 3.05) is 0 Å². The second kappa shape index (κ2) is 5.12. The molecule has 1 rings (SSSR count). The van der Waals surface area contributed by atoms with Gasteiger partial charge in [0.1, 0.15) is 5.75 Å². The zero-order chi connectivity index (χ0) is 13.3. The molecule has 4 heteroatoms. The maximum absolute atomic E-state index is 9.51. The van der Waals surface area contributed by atoms with E-state index in [1.807, 2.05) is 6.07 Å². The Kier molecular flexibility index (Phi) is 4.44. The van der Waals surface area contributed by atoms with Gasteiger partial charge in [0.05, 0.1) is 6.61 Å². The lowest BCUT2D eigenvalue weighted by Crippen LogP contribution is -2.40. The minimum atomic E-state index is -1.72. The van der Waals surface area contributed by atoms with Gasteiger partial charge in [0, 0.05) is 4.47 Å². The van der Waals surface area contributed by atoms with Gasteiger partial charge in [-0.05, 0) is 41.9 Å². The fraction of sp³-hybridized carbons (Fsp3) is 0.538. The second-order valence-electron chi connectivity index (χ2n) is 5.87. The van der Waals surface area contributed by atoms with Crippen LogP contribution < -0.4 is 0 Å². The topological polar surface area (TPSA) is 29.5 Å². The van der Waals surface area contributed by atoms with Crippen molar-refractivity contribution in [3.05, 3.63) is 28.2 Å². The molecule has 0 amide bonds. The molecule has 0 saturated carbocycles. The number of halogens is 1. The Hall–Kier alpha value is -0.323. The Labute approximate surface area is 113 Å². The van der Waals surface area contributed by atoms with Crippen LogP contribution in [0.15, 0.2) is 22.7 Å². The predicted octanol–water partition coefficient (Wildman–Crippen LogP) is 4.68. The fourth-order valence-electron chi connectivity index (χ4n) is 1.20. The molecule has 0 aliphatic rings. The van der Waals surface area contributed by atoms with Crippen molar-refractivity contribution in [2.45, 2.75) is 45.5 Å². The number of rotatable bonds is 3. The number of hydrogen-bond acceptors (Lipinski definition) is 2. The Morgan fingerprint density at radius 3 is 2.29 bits per heavy atom. The van der Waals surface area contributed by atoms with Crippen molar-refractivity contribution >= 4 is 24.2 Å². The van der Waals surface area contributed by atoms with E-state index < -0.39 is 8.32 Å². The molecule has 0 bridgehead atoms. The summed E-state index contributed by atoms with van der Waals surface area (Å²) in [6.45, 7) is 11.7. The van der Waals surface area contributed by atoms with E-state index >= 15 is 0 Å². The lowest BCUT2D eigenvalue weighted by molar-refractivity contribution is 0.276. The van der Waals surface area contributed by atoms with Crippen molar-refractivity contribution in [1.29, 1.82) is 0 Å². The van der Waals surface area contributed by atoms with Gasteiger partial charge < -0.3 is 9.53 Å². The highest BCUT2D eigenvalue weighted by Gasteiger charge is 2.36. The van der Waals surface area contributed by atoms with E-state index in [0.29, 0.717) is 6.61 Å². The third kappa shape index (κ3) is 4.12. The summed E-state index contributed by atoms with van der Waals surface area (Å²) >= 11 is 3.37. The number of phenols is 1. The Balaban J connectivity index is 2.74. The molecule has 17 heavy (non-hydrogen) atoms. The molecule has 0 spiro atoms. The largest absolute Gasteiger partial charge is 0.508 e. The number of aromatic hydroxyl groups is 1. The monoisotopic (exact) mass is 316 g/mol. The minimum Gasteiger partial charge on any atom is -0.508 e. The van der Waals surface area contributed by atoms with Crippen LogP contribution in [0.5, 0.6) is 5.75 Å². The first-order valence-corrected chi connectivity index (χ1v) is 9.44. The Bertz CT molecular complexity index is 377. The molecule has 0 radical (unpaired) electrons. The third-order valence-corrected chi connectivity index (χ3v) is 8.28. The molecule has 0 atom stereocenters. The van der Waals surface area contributed by atoms with Gasteiger partial charge in [-0.1, -0.05) is 36.7 Å². The smallest absolute Gasteiger partial charge is 0.192 e. The van der Waals surface area contributed by atoms with Crippen molar-refractivity contribution in [3.63, 3.8) is 0 Å². The summed E-state index contributed by atoms with van der Waals surface area (Å²) in [4.78, 5) is 0. The van der Waals surface area contributed by atoms with Crippen molar-refractivity contribution < 1.29 is 9.53 Å². The lowest BCUT2D eigenvalue weighted by atomic mass is 10.2. The van der Waals surface area contributed by atoms with E-state index in [1.165, 1.54) is 0 Å². The molecule has 0 aliphatic carbocycles. The van der Waals surface area contributed by atoms with Crippen molar-refractivity contribution in [2.24, 2.45) is 0 Å². The summed E-state index contributed by atoms with van der Waals surface area (Å²) < 4.78 is 6.98. The Morgan fingerprint density at radius 1 is 1.24 bits per heavy atom. The summed E-state index contributed by atoms with van der Waals surface area (Å²) in [6, 6.07) is 5.40. The molecule has 0 saturated heterocycles. The molecule has 2 nitrogen and oxygen atoms in total. The maximum atomic E-state index is 9.51. The van der Waals surface area contributed by atoms with E-state index in [2.05, 4.69) is 49.8 Å². The molecule has 0 heterocycles. The van der Waals surface area contributed by atoms with Gasteiger partial charge in [0.2, 0.25) is 0 Å². The molecule has 96 valence electrons. The Morgan fingerprint density at radius 2 is 1.82 bits per heavy atom. The summed E-state index contributed by atoms with van der Waals surface area (Å²) in [7, 11) is -1.72. The van der Waals surface area contributed by atoms with Gasteiger partial charge in [-0.2, -0.15) is 0 Å². The van der Waals surface area contributed by atoms with Crippen LogP contribution >= 0.6 is 15.9 Å². The van der Waals surface area contributed by atoms with Crippen molar-refractivity contribution in [1.82, 2.24) is 0 Å². The van der Waals surface area contributed by atoms with Crippen LogP contribution in [0.25, 0.3) is 0 Å². The number of hydrogen-bond donors (Lipinski definition) is 1. The quantitative estimate of drug-likeness (QED) is 0.821. The molecule has 0 aliphatic heterocycles. The van der Waals surface area contributed by atoms with E-state index in [9.17, 15) is 5.11 Å². The maximum Gasteiger partial charge on any atom is 0.192 e. The molecular formula is C13H21BrO2Si. The normalized spacial score (nSPS) is 12.8. The van der Waals surface area contributed by atoms with E-state index in [0.717, 1.165) is 10.0 Å². The zero-order valence-electron chi connectivity index (χ0n) is 11.2. The van der Waals surface area contributed by atoms with Crippen LogP contribution in [-0.2, 0) is 11.0 Å². The van der Waals surface area contributed by atoms with Crippen LogP contribution in [0.4, 0.5) is 0 Å². The van der Waals surface area contributed by atoms with E-state index in [4.69, 9.17) is 4.43 Å². The first-order valence-electron chi connectivity index (χ1n) is 5.74. The van der Waals surface area contributed by atoms with E-state index in [1.54, 1.807) is 12.1 Å². The van der Waals surface area contributed by atoms with Crippen LogP contribution in [0.1, 0.15) is 26.3 Å². The highest BCUT2D eigenvalue weighted by molar-refractivity contribution is 9.10. The molecular weight excluding hydrogens is 296 g/mol. The molecule has 1 aromatic carbocycles. The van der Waals surface area contributed by atoms with Crippen LogP contribution in [0.3, 0.4) is 0 Å². The first-order chi connectivity index (χ1) is 7.62. The molecule has 0 aromatic heterocycles. The highest BCUT2D eigenvalue weighted by Crippen LogP contribution is 2.37. The van der Waals surface area contributed by atoms with Gasteiger partial charge in [-0.15, -0.1) is 0 Å². The van der Waals surface area contributed by atoms with Gasteiger partial charge in [-0.25, -0.2) is 0 Å². The van der Waals surface area contributed by atoms with Gasteiger partial charge in [0.15, 0.2) is 8.32 Å². The zero-order valence-corrected chi connectivity index (χ0v) is 13.8. The standard InChI is InChI=1S/C13H21BrO2Si/c1-13(2,3)17(4,5)16-9-10-6-11(14)8-12(15)7-10/h6-8,15H,9H2,1-5H3. The highest BCUT2D eigenvalue weighted by atomic mass is 79.9. The van der Waals surface area contributed by atoms with Crippen LogP contribution in [-0.4, -0.2) is 13.4 Å². The summed E-state index contributed by atoms with van der Waals surface area (Å²) in [5.74, 6) is 0.271. The lowest BCUT2D eigenvalue weighted by Gasteiger charge is -2.36. The second-order valence-corrected chi connectivity index (χ2v) is 11.6. The van der Waals surface area contributed by atoms with Crippen LogP contribution in [0, 0.1) is 0 Å². The number of benzene rings is 1. The third-order valence-electron chi connectivity index (χ3n) is 3.35. The predicted molar refractivity (Wildman–Crippen MR) is 77.8 cm³/mol. The van der Waals surface area contributed by atoms with Gasteiger partial charge >= 0.3 is 0 Å². The summed E-state index contributed by atoms with van der Waals surface area (Å²) in [6.07, 6.45) is 0. The minimum absolute atomic E-state index is 0.209. The fourth-order valence-corrected chi connectivity index (χ4v) is 2.69.